The average Bonchev–Trinajstić information content (AvgIpc) is 2.63. The van der Waals surface area contributed by atoms with E-state index in [0.29, 0.717) is 0 Å². The molecule has 1 aliphatic heterocycles. The normalized spacial score (nSPS) is 23.4. The van der Waals surface area contributed by atoms with Crippen molar-refractivity contribution in [3.63, 3.8) is 0 Å². The first-order valence-electron chi connectivity index (χ1n) is 6.01. The summed E-state index contributed by atoms with van der Waals surface area (Å²) >= 11 is 1.79. The molecule has 3 nitrogen and oxygen atoms in total. The molecule has 1 N–H and O–H groups in total. The molecule has 1 unspecified atom stereocenters. The fourth-order valence-electron chi connectivity index (χ4n) is 1.78. The van der Waals surface area contributed by atoms with Gasteiger partial charge in [-0.1, -0.05) is 11.8 Å². The lowest BCUT2D eigenvalue weighted by Gasteiger charge is -2.32. The van der Waals surface area contributed by atoms with E-state index in [4.69, 9.17) is 4.42 Å². The van der Waals surface area contributed by atoms with Gasteiger partial charge in [0.1, 0.15) is 17.6 Å². The summed E-state index contributed by atoms with van der Waals surface area (Å²) in [6.45, 7) is 8.45. The average molecular weight is 252 g/mol. The van der Waals surface area contributed by atoms with Gasteiger partial charge in [0, 0.05) is 11.3 Å². The maximum absolute atomic E-state index is 5.59. The van der Waals surface area contributed by atoms with Crippen LogP contribution in [0.4, 0.5) is 0 Å². The molecule has 0 amide bonds. The number of nitrogens with one attached hydrogen (secondary N) is 1. The van der Waals surface area contributed by atoms with E-state index in [2.05, 4.69) is 31.1 Å². The first-order valence-corrected chi connectivity index (χ1v) is 7.00. The molecule has 0 saturated carbocycles. The van der Waals surface area contributed by atoms with Crippen molar-refractivity contribution >= 4 is 16.9 Å². The van der Waals surface area contributed by atoms with Crippen LogP contribution >= 0.6 is 11.8 Å². The van der Waals surface area contributed by atoms with Gasteiger partial charge in [0.15, 0.2) is 5.17 Å². The molecule has 1 aromatic rings. The van der Waals surface area contributed by atoms with Crippen LogP contribution in [0.2, 0.25) is 0 Å². The van der Waals surface area contributed by atoms with Crippen molar-refractivity contribution in [2.24, 2.45) is 4.99 Å². The maximum Gasteiger partial charge on any atom is 0.157 e. The van der Waals surface area contributed by atoms with Crippen LogP contribution in [0.3, 0.4) is 0 Å². The highest BCUT2D eigenvalue weighted by molar-refractivity contribution is 8.13. The minimum atomic E-state index is 0.0765. The summed E-state index contributed by atoms with van der Waals surface area (Å²) in [5.74, 6) is 3.00. The number of thioether (sulfide) groups is 1. The Labute approximate surface area is 107 Å². The Kier molecular flexibility index (Phi) is 3.52. The largest absolute Gasteiger partial charge is 0.464 e. The molecule has 17 heavy (non-hydrogen) atoms. The molecule has 1 fully saturated rings. The number of furan rings is 1. The molecule has 0 bridgehead atoms. The van der Waals surface area contributed by atoms with Crippen LogP contribution in [0, 0.1) is 6.92 Å². The van der Waals surface area contributed by atoms with Crippen molar-refractivity contribution in [3.8, 4) is 0 Å². The number of rotatable bonds is 2. The van der Waals surface area contributed by atoms with Gasteiger partial charge in [-0.25, -0.2) is 0 Å². The topological polar surface area (TPSA) is 37.5 Å². The smallest absolute Gasteiger partial charge is 0.157 e. The van der Waals surface area contributed by atoms with Crippen LogP contribution < -0.4 is 5.32 Å². The Hall–Kier alpha value is -0.900. The number of hydrogen-bond donors (Lipinski definition) is 1. The van der Waals surface area contributed by atoms with Crippen LogP contribution in [0.25, 0.3) is 0 Å². The van der Waals surface area contributed by atoms with Crippen LogP contribution in [0.15, 0.2) is 21.5 Å². The second kappa shape index (κ2) is 4.77. The maximum atomic E-state index is 5.59. The number of nitrogens with zero attached hydrogens (tertiary/aromatic N) is 1. The van der Waals surface area contributed by atoms with E-state index in [0.717, 1.165) is 22.4 Å². The number of amidine groups is 1. The van der Waals surface area contributed by atoms with Gasteiger partial charge in [-0.3, -0.25) is 4.99 Å². The molecular formula is C13H20N2OS. The van der Waals surface area contributed by atoms with E-state index in [1.165, 1.54) is 6.42 Å². The Morgan fingerprint density at radius 1 is 1.47 bits per heavy atom. The van der Waals surface area contributed by atoms with Crippen molar-refractivity contribution in [2.75, 3.05) is 5.75 Å². The van der Waals surface area contributed by atoms with Crippen molar-refractivity contribution in [1.29, 1.82) is 0 Å². The molecule has 94 valence electrons. The fourth-order valence-corrected chi connectivity index (χ4v) is 3.16. The van der Waals surface area contributed by atoms with Crippen LogP contribution in [-0.2, 0) is 0 Å². The molecular weight excluding hydrogens is 232 g/mol. The van der Waals surface area contributed by atoms with E-state index < -0.39 is 0 Å². The molecule has 4 heteroatoms. The Morgan fingerprint density at radius 2 is 2.24 bits per heavy atom. The van der Waals surface area contributed by atoms with Gasteiger partial charge >= 0.3 is 0 Å². The third kappa shape index (κ3) is 3.28. The predicted octanol–water partition coefficient (Wildman–Crippen LogP) is 3.51. The van der Waals surface area contributed by atoms with Gasteiger partial charge in [0.2, 0.25) is 0 Å². The second-order valence-corrected chi connectivity index (χ2v) is 6.25. The predicted molar refractivity (Wildman–Crippen MR) is 73.6 cm³/mol. The zero-order valence-corrected chi connectivity index (χ0v) is 11.7. The molecule has 0 aliphatic carbocycles. The summed E-state index contributed by atoms with van der Waals surface area (Å²) in [5, 5.41) is 4.50. The standard InChI is InChI=1S/C13H20N2OS/c1-9-5-6-11(16-9)10(2)14-12-15-13(3,4)7-8-17-12/h5-6,10H,7-8H2,1-4H3,(H,14,15). The summed E-state index contributed by atoms with van der Waals surface area (Å²) in [6, 6.07) is 4.06. The minimum Gasteiger partial charge on any atom is -0.464 e. The summed E-state index contributed by atoms with van der Waals surface area (Å²) in [7, 11) is 0. The highest BCUT2D eigenvalue weighted by atomic mass is 32.2. The van der Waals surface area contributed by atoms with E-state index >= 15 is 0 Å². The molecule has 0 radical (unpaired) electrons. The lowest BCUT2D eigenvalue weighted by atomic mass is 10.0. The molecule has 0 spiro atoms. The molecule has 2 rings (SSSR count). The SMILES string of the molecule is Cc1ccc(C(C)N=C2NC(C)(C)CCS2)o1. The zero-order valence-electron chi connectivity index (χ0n) is 10.9. The number of hydrogen-bond acceptors (Lipinski definition) is 3. The summed E-state index contributed by atoms with van der Waals surface area (Å²) < 4.78 is 5.59. The summed E-state index contributed by atoms with van der Waals surface area (Å²) in [5.41, 5.74) is 0.156. The van der Waals surface area contributed by atoms with Gasteiger partial charge in [0.05, 0.1) is 0 Å². The third-order valence-corrected chi connectivity index (χ3v) is 3.78. The molecule has 0 aromatic carbocycles. The zero-order chi connectivity index (χ0) is 12.5. The number of aryl methyl sites for hydroxylation is 1. The molecule has 1 saturated heterocycles. The highest BCUT2D eigenvalue weighted by Crippen LogP contribution is 2.25. The van der Waals surface area contributed by atoms with Gasteiger partial charge < -0.3 is 9.73 Å². The second-order valence-electron chi connectivity index (χ2n) is 5.17. The number of aliphatic imine (C=N–C) groups is 1. The van der Waals surface area contributed by atoms with E-state index in [1.807, 2.05) is 19.1 Å². The van der Waals surface area contributed by atoms with E-state index in [-0.39, 0.29) is 11.6 Å². The van der Waals surface area contributed by atoms with Crippen LogP contribution in [-0.4, -0.2) is 16.5 Å². The highest BCUT2D eigenvalue weighted by Gasteiger charge is 2.24. The third-order valence-electron chi connectivity index (χ3n) is 2.89. The summed E-state index contributed by atoms with van der Waals surface area (Å²) in [6.07, 6.45) is 1.17. The van der Waals surface area contributed by atoms with Gasteiger partial charge in [-0.05, 0) is 46.2 Å². The van der Waals surface area contributed by atoms with Crippen molar-refractivity contribution in [1.82, 2.24) is 5.32 Å². The first kappa shape index (κ1) is 12.6. The Balaban J connectivity index is 2.08. The summed E-state index contributed by atoms with van der Waals surface area (Å²) in [4.78, 5) is 4.69. The molecule has 2 heterocycles. The Morgan fingerprint density at radius 3 is 2.82 bits per heavy atom. The monoisotopic (exact) mass is 252 g/mol. The fraction of sp³-hybridized carbons (Fsp3) is 0.615. The quantitative estimate of drug-likeness (QED) is 0.875. The van der Waals surface area contributed by atoms with Gasteiger partial charge in [-0.15, -0.1) is 0 Å². The first-order chi connectivity index (χ1) is 7.96. The van der Waals surface area contributed by atoms with Crippen LogP contribution in [0.5, 0.6) is 0 Å². The van der Waals surface area contributed by atoms with E-state index in [9.17, 15) is 0 Å². The lowest BCUT2D eigenvalue weighted by molar-refractivity contribution is 0.439. The van der Waals surface area contributed by atoms with Gasteiger partial charge in [0.25, 0.3) is 0 Å². The van der Waals surface area contributed by atoms with E-state index in [1.54, 1.807) is 11.8 Å². The van der Waals surface area contributed by atoms with Crippen LogP contribution in [0.1, 0.15) is 44.8 Å². The van der Waals surface area contributed by atoms with Crippen molar-refractivity contribution in [3.05, 3.63) is 23.7 Å². The van der Waals surface area contributed by atoms with Gasteiger partial charge in [-0.2, -0.15) is 0 Å². The lowest BCUT2D eigenvalue weighted by Crippen LogP contribution is -2.46. The Bertz CT molecular complexity index is 423. The molecule has 1 aliphatic rings. The minimum absolute atomic E-state index is 0.0765. The van der Waals surface area contributed by atoms with Crippen molar-refractivity contribution in [2.45, 2.75) is 45.7 Å². The van der Waals surface area contributed by atoms with Crippen molar-refractivity contribution < 1.29 is 4.42 Å². The molecule has 1 aromatic heterocycles. The molecule has 1 atom stereocenters.